The minimum atomic E-state index is -0.202. The van der Waals surface area contributed by atoms with Gasteiger partial charge in [-0.15, -0.1) is 5.10 Å². The van der Waals surface area contributed by atoms with Crippen LogP contribution in [0.5, 0.6) is 0 Å². The molecule has 0 aliphatic heterocycles. The van der Waals surface area contributed by atoms with Crippen molar-refractivity contribution in [2.24, 2.45) is 0 Å². The number of H-pyrrole nitrogens is 1. The van der Waals surface area contributed by atoms with Crippen molar-refractivity contribution < 1.29 is 4.79 Å². The Morgan fingerprint density at radius 2 is 2.00 bits per heavy atom. The maximum atomic E-state index is 12.6. The van der Waals surface area contributed by atoms with Crippen LogP contribution in [0.4, 0.5) is 5.95 Å². The number of nitrogens with zero attached hydrogens (tertiary/aromatic N) is 3. The molecule has 0 aliphatic rings. The summed E-state index contributed by atoms with van der Waals surface area (Å²) in [5.41, 5.74) is 1.67. The van der Waals surface area contributed by atoms with Crippen molar-refractivity contribution in [3.05, 3.63) is 41.9 Å². The Kier molecular flexibility index (Phi) is 3.90. The first-order chi connectivity index (χ1) is 11.0. The van der Waals surface area contributed by atoms with Gasteiger partial charge < -0.3 is 4.57 Å². The normalized spacial score (nSPS) is 11.6. The van der Waals surface area contributed by atoms with Crippen molar-refractivity contribution in [2.45, 2.75) is 39.7 Å². The summed E-state index contributed by atoms with van der Waals surface area (Å²) in [4.78, 5) is 16.9. The number of anilines is 1. The maximum Gasteiger partial charge on any atom is 0.258 e. The molecule has 0 fully saturated rings. The third-order valence-electron chi connectivity index (χ3n) is 3.84. The number of aromatic nitrogens is 4. The lowest BCUT2D eigenvalue weighted by Crippen LogP contribution is -2.13. The lowest BCUT2D eigenvalue weighted by Gasteiger charge is -2.10. The SMILES string of the molecule is CC(C)c1nc(NC(=O)c2cccc3c2ccn3C(C)C)n[nH]1. The van der Waals surface area contributed by atoms with Crippen LogP contribution in [0.1, 0.15) is 55.8 Å². The van der Waals surface area contributed by atoms with Crippen molar-refractivity contribution in [1.82, 2.24) is 19.7 Å². The highest BCUT2D eigenvalue weighted by Crippen LogP contribution is 2.24. The van der Waals surface area contributed by atoms with Crippen molar-refractivity contribution in [1.29, 1.82) is 0 Å². The number of benzene rings is 1. The van der Waals surface area contributed by atoms with E-state index in [9.17, 15) is 4.79 Å². The second-order valence-electron chi connectivity index (χ2n) is 6.21. The Labute approximate surface area is 134 Å². The minimum Gasteiger partial charge on any atom is -0.345 e. The monoisotopic (exact) mass is 311 g/mol. The molecule has 1 amide bonds. The van der Waals surface area contributed by atoms with Crippen LogP contribution in [-0.2, 0) is 0 Å². The quantitative estimate of drug-likeness (QED) is 0.771. The number of carbonyl (C=O) groups is 1. The van der Waals surface area contributed by atoms with Crippen molar-refractivity contribution in [2.75, 3.05) is 5.32 Å². The molecule has 0 saturated carbocycles. The number of carbonyl (C=O) groups excluding carboxylic acids is 1. The van der Waals surface area contributed by atoms with Gasteiger partial charge in [0.05, 0.1) is 0 Å². The fourth-order valence-electron chi connectivity index (χ4n) is 2.59. The number of amides is 1. The molecular formula is C17H21N5O. The van der Waals surface area contributed by atoms with Crippen LogP contribution in [0.25, 0.3) is 10.9 Å². The van der Waals surface area contributed by atoms with Crippen molar-refractivity contribution in [3.8, 4) is 0 Å². The molecule has 2 aromatic heterocycles. The molecule has 120 valence electrons. The van der Waals surface area contributed by atoms with Crippen LogP contribution in [-0.4, -0.2) is 25.7 Å². The molecule has 0 unspecified atom stereocenters. The molecule has 0 spiro atoms. The molecule has 0 atom stereocenters. The van der Waals surface area contributed by atoms with E-state index in [0.29, 0.717) is 17.6 Å². The molecule has 6 nitrogen and oxygen atoms in total. The molecule has 0 bridgehead atoms. The van der Waals surface area contributed by atoms with Gasteiger partial charge in [0.25, 0.3) is 5.91 Å². The molecule has 1 aromatic carbocycles. The Hall–Kier alpha value is -2.63. The number of nitrogens with one attached hydrogen (secondary N) is 2. The van der Waals surface area contributed by atoms with E-state index in [1.165, 1.54) is 0 Å². The summed E-state index contributed by atoms with van der Waals surface area (Å²) in [5.74, 6) is 1.09. The highest BCUT2D eigenvalue weighted by Gasteiger charge is 2.15. The average molecular weight is 311 g/mol. The van der Waals surface area contributed by atoms with Crippen LogP contribution in [0.3, 0.4) is 0 Å². The predicted octanol–water partition coefficient (Wildman–Crippen LogP) is 3.72. The molecule has 2 N–H and O–H groups in total. The van der Waals surface area contributed by atoms with Crippen molar-refractivity contribution in [3.63, 3.8) is 0 Å². The molecular weight excluding hydrogens is 290 g/mol. The third-order valence-corrected chi connectivity index (χ3v) is 3.84. The fourth-order valence-corrected chi connectivity index (χ4v) is 2.59. The smallest absolute Gasteiger partial charge is 0.258 e. The lowest BCUT2D eigenvalue weighted by molar-refractivity contribution is 0.102. The standard InChI is InChI=1S/C17H21N5O/c1-10(2)15-18-17(21-20-15)19-16(23)13-6-5-7-14-12(13)8-9-22(14)11(3)4/h5-11H,1-4H3,(H2,18,19,20,21,23). The van der Waals surface area contributed by atoms with Gasteiger partial charge in [0.1, 0.15) is 5.82 Å². The first-order valence-corrected chi connectivity index (χ1v) is 7.80. The van der Waals surface area contributed by atoms with Crippen LogP contribution in [0.2, 0.25) is 0 Å². The maximum absolute atomic E-state index is 12.6. The summed E-state index contributed by atoms with van der Waals surface area (Å²) in [6.07, 6.45) is 2.01. The van der Waals surface area contributed by atoms with E-state index in [4.69, 9.17) is 0 Å². The van der Waals surface area contributed by atoms with Gasteiger partial charge in [0.2, 0.25) is 5.95 Å². The van der Waals surface area contributed by atoms with Gasteiger partial charge in [-0.3, -0.25) is 15.2 Å². The second kappa shape index (κ2) is 5.87. The molecule has 2 heterocycles. The van der Waals surface area contributed by atoms with Gasteiger partial charge >= 0.3 is 0 Å². The van der Waals surface area contributed by atoms with E-state index in [1.807, 2.05) is 44.3 Å². The molecule has 3 rings (SSSR count). The first-order valence-electron chi connectivity index (χ1n) is 7.80. The van der Waals surface area contributed by atoms with Crippen LogP contribution >= 0.6 is 0 Å². The highest BCUT2D eigenvalue weighted by atomic mass is 16.1. The zero-order valence-electron chi connectivity index (χ0n) is 13.8. The number of hydrogen-bond donors (Lipinski definition) is 2. The Balaban J connectivity index is 1.91. The molecule has 23 heavy (non-hydrogen) atoms. The number of fused-ring (bicyclic) bond motifs is 1. The zero-order valence-corrected chi connectivity index (χ0v) is 13.8. The zero-order chi connectivity index (χ0) is 16.6. The van der Waals surface area contributed by atoms with E-state index in [2.05, 4.69) is 38.9 Å². The van der Waals surface area contributed by atoms with Gasteiger partial charge in [-0.25, -0.2) is 0 Å². The summed E-state index contributed by atoms with van der Waals surface area (Å²) in [7, 11) is 0. The Morgan fingerprint density at radius 3 is 2.65 bits per heavy atom. The molecule has 0 saturated heterocycles. The summed E-state index contributed by atoms with van der Waals surface area (Å²) in [6, 6.07) is 8.05. The third kappa shape index (κ3) is 2.84. The van der Waals surface area contributed by atoms with E-state index < -0.39 is 0 Å². The van der Waals surface area contributed by atoms with E-state index >= 15 is 0 Å². The number of rotatable bonds is 4. The van der Waals surface area contributed by atoms with E-state index in [-0.39, 0.29) is 11.8 Å². The number of aromatic amines is 1. The summed E-state index contributed by atoms with van der Waals surface area (Å²) in [6.45, 7) is 8.27. The Bertz CT molecular complexity index is 844. The minimum absolute atomic E-state index is 0.202. The van der Waals surface area contributed by atoms with Crippen LogP contribution < -0.4 is 5.32 Å². The van der Waals surface area contributed by atoms with Gasteiger partial charge in [-0.05, 0) is 32.0 Å². The molecule has 6 heteroatoms. The van der Waals surface area contributed by atoms with E-state index in [0.717, 1.165) is 16.7 Å². The van der Waals surface area contributed by atoms with E-state index in [1.54, 1.807) is 0 Å². The topological polar surface area (TPSA) is 75.6 Å². The Morgan fingerprint density at radius 1 is 1.22 bits per heavy atom. The first kappa shape index (κ1) is 15.3. The highest BCUT2D eigenvalue weighted by molar-refractivity contribution is 6.12. The van der Waals surface area contributed by atoms with Gasteiger partial charge in [-0.1, -0.05) is 19.9 Å². The second-order valence-corrected chi connectivity index (χ2v) is 6.21. The van der Waals surface area contributed by atoms with Gasteiger partial charge in [0, 0.05) is 34.6 Å². The molecule has 3 aromatic rings. The summed E-state index contributed by atoms with van der Waals surface area (Å²) >= 11 is 0. The number of hydrogen-bond acceptors (Lipinski definition) is 3. The predicted molar refractivity (Wildman–Crippen MR) is 90.7 cm³/mol. The molecule has 0 radical (unpaired) electrons. The summed E-state index contributed by atoms with van der Waals surface area (Å²) < 4.78 is 2.15. The fraction of sp³-hybridized carbons (Fsp3) is 0.353. The van der Waals surface area contributed by atoms with Crippen LogP contribution in [0.15, 0.2) is 30.5 Å². The lowest BCUT2D eigenvalue weighted by atomic mass is 10.1. The average Bonchev–Trinajstić information content (AvgIpc) is 3.12. The van der Waals surface area contributed by atoms with Gasteiger partial charge in [0.15, 0.2) is 0 Å². The largest absolute Gasteiger partial charge is 0.345 e. The van der Waals surface area contributed by atoms with Crippen molar-refractivity contribution >= 4 is 22.8 Å². The van der Waals surface area contributed by atoms with Crippen LogP contribution in [0, 0.1) is 0 Å². The molecule has 0 aliphatic carbocycles. The summed E-state index contributed by atoms with van der Waals surface area (Å²) in [5, 5.41) is 10.6. The van der Waals surface area contributed by atoms with Gasteiger partial charge in [-0.2, -0.15) is 4.98 Å².